The molecule has 23 heavy (non-hydrogen) atoms. The normalized spacial score (nSPS) is 11.3. The molecule has 0 saturated heterocycles. The van der Waals surface area contributed by atoms with Crippen molar-refractivity contribution in [3.63, 3.8) is 0 Å². The SMILES string of the molecule is CN=C(NCCOc1ccccc1)NCCc1c(C)noc1C. The summed E-state index contributed by atoms with van der Waals surface area (Å²) in [6.45, 7) is 5.92. The van der Waals surface area contributed by atoms with Crippen molar-refractivity contribution in [2.75, 3.05) is 26.7 Å². The smallest absolute Gasteiger partial charge is 0.191 e. The maximum absolute atomic E-state index is 5.63. The quantitative estimate of drug-likeness (QED) is 0.465. The molecule has 1 aromatic carbocycles. The summed E-state index contributed by atoms with van der Waals surface area (Å²) in [5.41, 5.74) is 2.10. The number of benzene rings is 1. The summed E-state index contributed by atoms with van der Waals surface area (Å²) in [4.78, 5) is 4.20. The Labute approximate surface area is 136 Å². The number of aromatic nitrogens is 1. The third-order valence-electron chi connectivity index (χ3n) is 3.48. The zero-order valence-corrected chi connectivity index (χ0v) is 13.9. The molecule has 2 aromatic rings. The average molecular weight is 316 g/mol. The Bertz CT molecular complexity index is 603. The lowest BCUT2D eigenvalue weighted by molar-refractivity contribution is 0.322. The lowest BCUT2D eigenvalue weighted by atomic mass is 10.1. The summed E-state index contributed by atoms with van der Waals surface area (Å²) in [5.74, 6) is 2.51. The Morgan fingerprint density at radius 3 is 2.57 bits per heavy atom. The Morgan fingerprint density at radius 1 is 1.17 bits per heavy atom. The van der Waals surface area contributed by atoms with E-state index >= 15 is 0 Å². The zero-order chi connectivity index (χ0) is 16.5. The minimum Gasteiger partial charge on any atom is -0.492 e. The van der Waals surface area contributed by atoms with Crippen LogP contribution in [0.2, 0.25) is 0 Å². The number of ether oxygens (including phenoxy) is 1. The molecular weight excluding hydrogens is 292 g/mol. The van der Waals surface area contributed by atoms with Crippen molar-refractivity contribution >= 4 is 5.96 Å². The summed E-state index contributed by atoms with van der Waals surface area (Å²) in [6.07, 6.45) is 0.850. The van der Waals surface area contributed by atoms with Gasteiger partial charge in [-0.1, -0.05) is 23.4 Å². The van der Waals surface area contributed by atoms with Gasteiger partial charge < -0.3 is 19.9 Å². The topological polar surface area (TPSA) is 71.7 Å². The molecule has 0 unspecified atom stereocenters. The Balaban J connectivity index is 1.66. The van der Waals surface area contributed by atoms with Gasteiger partial charge in [-0.25, -0.2) is 0 Å². The molecule has 0 bridgehead atoms. The summed E-state index contributed by atoms with van der Waals surface area (Å²) in [7, 11) is 1.75. The summed E-state index contributed by atoms with van der Waals surface area (Å²) in [5, 5.41) is 10.5. The first-order chi connectivity index (χ1) is 11.2. The van der Waals surface area contributed by atoms with Crippen molar-refractivity contribution in [3.05, 3.63) is 47.3 Å². The van der Waals surface area contributed by atoms with Crippen molar-refractivity contribution in [2.45, 2.75) is 20.3 Å². The fraction of sp³-hybridized carbons (Fsp3) is 0.412. The molecule has 6 nitrogen and oxygen atoms in total. The molecule has 0 fully saturated rings. The molecule has 2 rings (SSSR count). The molecule has 0 aliphatic carbocycles. The van der Waals surface area contributed by atoms with Crippen LogP contribution in [0.3, 0.4) is 0 Å². The van der Waals surface area contributed by atoms with Crippen LogP contribution in [-0.2, 0) is 6.42 Å². The number of hydrogen-bond donors (Lipinski definition) is 2. The van der Waals surface area contributed by atoms with Gasteiger partial charge in [0.15, 0.2) is 5.96 Å². The largest absolute Gasteiger partial charge is 0.492 e. The maximum Gasteiger partial charge on any atom is 0.191 e. The molecule has 0 aliphatic heterocycles. The lowest BCUT2D eigenvalue weighted by Crippen LogP contribution is -2.40. The van der Waals surface area contributed by atoms with E-state index in [-0.39, 0.29) is 0 Å². The molecular formula is C17H24N4O2. The van der Waals surface area contributed by atoms with Gasteiger partial charge in [0.05, 0.1) is 12.2 Å². The van der Waals surface area contributed by atoms with Crippen molar-refractivity contribution in [1.82, 2.24) is 15.8 Å². The van der Waals surface area contributed by atoms with Gasteiger partial charge in [-0.15, -0.1) is 0 Å². The molecule has 124 valence electrons. The molecule has 6 heteroatoms. The summed E-state index contributed by atoms with van der Waals surface area (Å²) >= 11 is 0. The molecule has 1 aromatic heterocycles. The minimum absolute atomic E-state index is 0.578. The molecule has 0 spiro atoms. The fourth-order valence-electron chi connectivity index (χ4n) is 2.24. The third kappa shape index (κ3) is 5.32. The van der Waals surface area contributed by atoms with E-state index in [9.17, 15) is 0 Å². The van der Waals surface area contributed by atoms with Crippen LogP contribution >= 0.6 is 0 Å². The molecule has 2 N–H and O–H groups in total. The van der Waals surface area contributed by atoms with Crippen molar-refractivity contribution in [1.29, 1.82) is 0 Å². The molecule has 0 atom stereocenters. The Hall–Kier alpha value is -2.50. The third-order valence-corrected chi connectivity index (χ3v) is 3.48. The van der Waals surface area contributed by atoms with E-state index in [0.717, 1.165) is 41.7 Å². The number of nitrogens with one attached hydrogen (secondary N) is 2. The van der Waals surface area contributed by atoms with Gasteiger partial charge in [0.1, 0.15) is 18.1 Å². The van der Waals surface area contributed by atoms with Crippen LogP contribution in [-0.4, -0.2) is 37.9 Å². The molecule has 1 heterocycles. The summed E-state index contributed by atoms with van der Waals surface area (Å²) < 4.78 is 10.8. The van der Waals surface area contributed by atoms with Crippen molar-refractivity contribution in [2.24, 2.45) is 4.99 Å². The fourth-order valence-corrected chi connectivity index (χ4v) is 2.24. The highest BCUT2D eigenvalue weighted by Crippen LogP contribution is 2.12. The second-order valence-electron chi connectivity index (χ2n) is 5.14. The monoisotopic (exact) mass is 316 g/mol. The van der Waals surface area contributed by atoms with E-state index in [1.807, 2.05) is 44.2 Å². The predicted molar refractivity (Wildman–Crippen MR) is 91.0 cm³/mol. The van der Waals surface area contributed by atoms with E-state index in [4.69, 9.17) is 9.26 Å². The van der Waals surface area contributed by atoms with Gasteiger partial charge in [0, 0.05) is 19.2 Å². The van der Waals surface area contributed by atoms with Gasteiger partial charge in [-0.3, -0.25) is 4.99 Å². The van der Waals surface area contributed by atoms with Crippen molar-refractivity contribution in [3.8, 4) is 5.75 Å². The van der Waals surface area contributed by atoms with Gasteiger partial charge in [-0.05, 0) is 32.4 Å². The van der Waals surface area contributed by atoms with Crippen LogP contribution in [0.15, 0.2) is 39.8 Å². The van der Waals surface area contributed by atoms with E-state index < -0.39 is 0 Å². The van der Waals surface area contributed by atoms with E-state index in [1.165, 1.54) is 0 Å². The first-order valence-electron chi connectivity index (χ1n) is 7.75. The molecule has 0 aliphatic rings. The molecule has 0 amide bonds. The van der Waals surface area contributed by atoms with Crippen LogP contribution < -0.4 is 15.4 Å². The van der Waals surface area contributed by atoms with Gasteiger partial charge in [0.25, 0.3) is 0 Å². The standard InChI is InChI=1S/C17H24N4O2/c1-13-16(14(2)23-21-13)9-10-19-17(18-3)20-11-12-22-15-7-5-4-6-8-15/h4-8H,9-12H2,1-3H3,(H2,18,19,20). The van der Waals surface area contributed by atoms with Crippen LogP contribution in [0.4, 0.5) is 0 Å². The van der Waals surface area contributed by atoms with Crippen LogP contribution in [0, 0.1) is 13.8 Å². The highest BCUT2D eigenvalue weighted by molar-refractivity contribution is 5.79. The Morgan fingerprint density at radius 2 is 1.91 bits per heavy atom. The van der Waals surface area contributed by atoms with Gasteiger partial charge in [-0.2, -0.15) is 0 Å². The molecule has 0 radical (unpaired) electrons. The number of guanidine groups is 1. The summed E-state index contributed by atoms with van der Waals surface area (Å²) in [6, 6.07) is 9.76. The second kappa shape index (κ2) is 8.82. The van der Waals surface area contributed by atoms with E-state index in [0.29, 0.717) is 13.2 Å². The van der Waals surface area contributed by atoms with Crippen LogP contribution in [0.1, 0.15) is 17.0 Å². The predicted octanol–water partition coefficient (Wildman–Crippen LogP) is 2.08. The number of rotatable bonds is 7. The highest BCUT2D eigenvalue weighted by atomic mass is 16.5. The number of para-hydroxylation sites is 1. The minimum atomic E-state index is 0.578. The van der Waals surface area contributed by atoms with Crippen molar-refractivity contribution < 1.29 is 9.26 Å². The maximum atomic E-state index is 5.63. The Kier molecular flexibility index (Phi) is 6.47. The number of nitrogens with zero attached hydrogens (tertiary/aromatic N) is 2. The van der Waals surface area contributed by atoms with E-state index in [1.54, 1.807) is 7.05 Å². The van der Waals surface area contributed by atoms with Crippen LogP contribution in [0.5, 0.6) is 5.75 Å². The highest BCUT2D eigenvalue weighted by Gasteiger charge is 2.08. The lowest BCUT2D eigenvalue weighted by Gasteiger charge is -2.12. The average Bonchev–Trinajstić information content (AvgIpc) is 2.89. The number of hydrogen-bond acceptors (Lipinski definition) is 4. The first kappa shape index (κ1) is 16.9. The molecule has 0 saturated carbocycles. The van der Waals surface area contributed by atoms with Crippen LogP contribution in [0.25, 0.3) is 0 Å². The first-order valence-corrected chi connectivity index (χ1v) is 7.75. The van der Waals surface area contributed by atoms with E-state index in [2.05, 4.69) is 20.8 Å². The second-order valence-corrected chi connectivity index (χ2v) is 5.14. The number of aliphatic imine (C=N–C) groups is 1. The number of aryl methyl sites for hydroxylation is 2. The zero-order valence-electron chi connectivity index (χ0n) is 13.9. The van der Waals surface area contributed by atoms with Gasteiger partial charge in [0.2, 0.25) is 0 Å². The van der Waals surface area contributed by atoms with Gasteiger partial charge >= 0.3 is 0 Å².